The summed E-state index contributed by atoms with van der Waals surface area (Å²) >= 11 is 0. The number of hydrogen-bond acceptors (Lipinski definition) is 15. The van der Waals surface area contributed by atoms with Crippen LogP contribution in [0.1, 0.15) is 440 Å². The Kier molecular flexibility index (Phi) is 72.8. The Labute approximate surface area is 632 Å². The fraction of sp³-hybridized carbons (Fsp3) is 0.952. The number of phosphoric acid groups is 2. The van der Waals surface area contributed by atoms with Crippen molar-refractivity contribution in [2.24, 2.45) is 17.8 Å². The normalized spacial score (nSPS) is 14.2. The van der Waals surface area contributed by atoms with Gasteiger partial charge < -0.3 is 33.8 Å². The van der Waals surface area contributed by atoms with Gasteiger partial charge in [-0.3, -0.25) is 37.3 Å². The van der Waals surface area contributed by atoms with Gasteiger partial charge in [0.15, 0.2) is 12.2 Å². The van der Waals surface area contributed by atoms with E-state index in [0.29, 0.717) is 25.7 Å². The van der Waals surface area contributed by atoms with Crippen LogP contribution in [0.15, 0.2) is 0 Å². The molecule has 3 N–H and O–H groups in total. The Morgan fingerprint density at radius 1 is 0.282 bits per heavy atom. The summed E-state index contributed by atoms with van der Waals surface area (Å²) in [5.41, 5.74) is 0. The zero-order chi connectivity index (χ0) is 75.8. The van der Waals surface area contributed by atoms with E-state index in [1.165, 1.54) is 250 Å². The maximum absolute atomic E-state index is 13.1. The highest BCUT2D eigenvalue weighted by Gasteiger charge is 2.30. The third kappa shape index (κ3) is 76.6. The van der Waals surface area contributed by atoms with Crippen molar-refractivity contribution in [3.8, 4) is 0 Å². The van der Waals surface area contributed by atoms with E-state index in [9.17, 15) is 43.2 Å². The van der Waals surface area contributed by atoms with Gasteiger partial charge in [0.25, 0.3) is 0 Å². The highest BCUT2D eigenvalue weighted by atomic mass is 31.2. The molecule has 0 saturated carbocycles. The second-order valence-electron chi connectivity index (χ2n) is 31.4. The number of carbonyl (C=O) groups excluding carboxylic acids is 4. The van der Waals surface area contributed by atoms with Gasteiger partial charge in [-0.2, -0.15) is 0 Å². The molecular formula is C84H164O17P2. The molecule has 0 radical (unpaired) electrons. The molecule has 0 aliphatic carbocycles. The van der Waals surface area contributed by atoms with E-state index in [1.807, 2.05) is 0 Å². The van der Waals surface area contributed by atoms with Gasteiger partial charge in [-0.1, -0.05) is 389 Å². The Balaban J connectivity index is 5.23. The van der Waals surface area contributed by atoms with E-state index < -0.39 is 97.5 Å². The maximum atomic E-state index is 13.1. The average molecular weight is 1510 g/mol. The highest BCUT2D eigenvalue weighted by Crippen LogP contribution is 2.45. The van der Waals surface area contributed by atoms with Crippen LogP contribution in [0.4, 0.5) is 0 Å². The van der Waals surface area contributed by atoms with Crippen LogP contribution >= 0.6 is 15.6 Å². The highest BCUT2D eigenvalue weighted by molar-refractivity contribution is 7.47. The molecule has 0 aliphatic heterocycles. The number of rotatable bonds is 82. The predicted molar refractivity (Wildman–Crippen MR) is 423 cm³/mol. The molecular weight excluding hydrogens is 1340 g/mol. The van der Waals surface area contributed by atoms with Crippen molar-refractivity contribution < 1.29 is 80.2 Å². The maximum Gasteiger partial charge on any atom is 0.472 e. The summed E-state index contributed by atoms with van der Waals surface area (Å²) in [4.78, 5) is 73.1. The van der Waals surface area contributed by atoms with E-state index in [0.717, 1.165) is 108 Å². The minimum absolute atomic E-state index is 0.107. The van der Waals surface area contributed by atoms with Gasteiger partial charge in [-0.05, 0) is 43.4 Å². The van der Waals surface area contributed by atoms with Crippen LogP contribution in [0.2, 0.25) is 0 Å². The number of aliphatic hydroxyl groups excluding tert-OH is 1. The van der Waals surface area contributed by atoms with E-state index in [2.05, 4.69) is 48.5 Å². The van der Waals surface area contributed by atoms with Crippen LogP contribution in [0.25, 0.3) is 0 Å². The van der Waals surface area contributed by atoms with E-state index >= 15 is 0 Å². The molecule has 0 saturated heterocycles. The number of esters is 4. The lowest BCUT2D eigenvalue weighted by molar-refractivity contribution is -0.161. The van der Waals surface area contributed by atoms with Crippen molar-refractivity contribution in [1.29, 1.82) is 0 Å². The van der Waals surface area contributed by atoms with Gasteiger partial charge >= 0.3 is 39.5 Å². The van der Waals surface area contributed by atoms with Crippen LogP contribution in [0.5, 0.6) is 0 Å². The van der Waals surface area contributed by atoms with Crippen molar-refractivity contribution >= 4 is 39.5 Å². The van der Waals surface area contributed by atoms with Gasteiger partial charge in [0.05, 0.1) is 26.4 Å². The molecule has 0 rings (SSSR count). The second-order valence-corrected chi connectivity index (χ2v) is 34.3. The number of carbonyl (C=O) groups is 4. The number of unbranched alkanes of at least 4 members (excludes halogenated alkanes) is 49. The number of ether oxygens (including phenoxy) is 4. The van der Waals surface area contributed by atoms with Gasteiger partial charge in [0.2, 0.25) is 0 Å². The van der Waals surface area contributed by atoms with Crippen molar-refractivity contribution in [2.75, 3.05) is 39.6 Å². The first-order valence-electron chi connectivity index (χ1n) is 43.4. The average Bonchev–Trinajstić information content (AvgIpc) is 0.959. The summed E-state index contributed by atoms with van der Waals surface area (Å²) in [6.07, 6.45) is 63.7. The standard InChI is InChI=1S/C84H164O17P2/c1-8-10-11-12-13-14-27-37-44-51-58-65-81(86)94-71-79(101-84(89)68-61-54-47-40-33-26-29-35-42-49-56-63-76(5)6)73-98-102(90,91)96-69-78(85)70-97-103(92,93)99-74-80(72-95-82(87)66-59-52-45-38-31-25-21-22-28-34-41-48-55-62-75(3)4)100-83(88)67-60-53-46-39-32-24-20-18-16-15-17-19-23-30-36-43-50-57-64-77(7)9-2/h75-80,85H,8-74H2,1-7H3,(H,90,91)(H,92,93)/t77?,78-,79+,80+/m0/s1. The van der Waals surface area contributed by atoms with Crippen LogP contribution in [-0.2, 0) is 65.4 Å². The number of hydrogen-bond donors (Lipinski definition) is 3. The van der Waals surface area contributed by atoms with Crippen molar-refractivity contribution in [1.82, 2.24) is 0 Å². The van der Waals surface area contributed by atoms with Gasteiger partial charge in [0, 0.05) is 25.7 Å². The molecule has 17 nitrogen and oxygen atoms in total. The smallest absolute Gasteiger partial charge is 0.462 e. The van der Waals surface area contributed by atoms with E-state index in [1.54, 1.807) is 0 Å². The summed E-state index contributed by atoms with van der Waals surface area (Å²) in [6.45, 7) is 12.0. The van der Waals surface area contributed by atoms with Crippen molar-refractivity contribution in [3.05, 3.63) is 0 Å². The van der Waals surface area contributed by atoms with Gasteiger partial charge in [-0.15, -0.1) is 0 Å². The Morgan fingerprint density at radius 2 is 0.495 bits per heavy atom. The minimum atomic E-state index is -4.96. The fourth-order valence-corrected chi connectivity index (χ4v) is 14.6. The summed E-state index contributed by atoms with van der Waals surface area (Å²) in [6, 6.07) is 0. The molecule has 0 bridgehead atoms. The first kappa shape index (κ1) is 101. The molecule has 0 heterocycles. The number of phosphoric ester groups is 2. The molecule has 19 heteroatoms. The largest absolute Gasteiger partial charge is 0.472 e. The third-order valence-corrected chi connectivity index (χ3v) is 21.9. The molecule has 0 aliphatic rings. The SMILES string of the molecule is CCCCCCCCCCCCCC(=O)OC[C@H](COP(=O)(O)OC[C@H](O)COP(=O)(O)OC[C@@H](COC(=O)CCCCCCCCCCCCCCCC(C)C)OC(=O)CCCCCCCCCCCCCCCCCCCCC(C)CC)OC(=O)CCCCCCCCCCCCCC(C)C. The zero-order valence-electron chi connectivity index (χ0n) is 67.8. The summed E-state index contributed by atoms with van der Waals surface area (Å²) in [7, 11) is -9.92. The molecule has 6 atom stereocenters. The summed E-state index contributed by atoms with van der Waals surface area (Å²) < 4.78 is 68.8. The van der Waals surface area contributed by atoms with E-state index in [-0.39, 0.29) is 25.7 Å². The Hall–Kier alpha value is -1.94. The molecule has 103 heavy (non-hydrogen) atoms. The Morgan fingerprint density at radius 3 is 0.738 bits per heavy atom. The minimum Gasteiger partial charge on any atom is -0.462 e. The molecule has 0 aromatic carbocycles. The Bertz CT molecular complexity index is 1990. The first-order chi connectivity index (χ1) is 49.8. The zero-order valence-corrected chi connectivity index (χ0v) is 69.6. The number of aliphatic hydroxyl groups is 1. The molecule has 612 valence electrons. The van der Waals surface area contributed by atoms with Crippen molar-refractivity contribution in [3.63, 3.8) is 0 Å². The third-order valence-electron chi connectivity index (χ3n) is 20.0. The topological polar surface area (TPSA) is 237 Å². The van der Waals surface area contributed by atoms with Crippen LogP contribution in [0, 0.1) is 17.8 Å². The molecule has 0 fully saturated rings. The second kappa shape index (κ2) is 74.2. The van der Waals surface area contributed by atoms with Crippen LogP contribution in [0.3, 0.4) is 0 Å². The summed E-state index contributed by atoms with van der Waals surface area (Å²) in [5, 5.41) is 10.7. The van der Waals surface area contributed by atoms with Crippen LogP contribution < -0.4 is 0 Å². The molecule has 0 amide bonds. The fourth-order valence-electron chi connectivity index (χ4n) is 13.0. The first-order valence-corrected chi connectivity index (χ1v) is 46.4. The molecule has 0 aromatic rings. The lowest BCUT2D eigenvalue weighted by Crippen LogP contribution is -2.30. The lowest BCUT2D eigenvalue weighted by atomic mass is 9.99. The molecule has 0 spiro atoms. The van der Waals surface area contributed by atoms with Crippen LogP contribution in [-0.4, -0.2) is 96.7 Å². The molecule has 0 aromatic heterocycles. The van der Waals surface area contributed by atoms with Gasteiger partial charge in [-0.25, -0.2) is 9.13 Å². The summed E-state index contributed by atoms with van der Waals surface area (Å²) in [5.74, 6) is 0.321. The monoisotopic (exact) mass is 1510 g/mol. The molecule has 3 unspecified atom stereocenters. The van der Waals surface area contributed by atoms with Crippen molar-refractivity contribution in [2.45, 2.75) is 458 Å². The van der Waals surface area contributed by atoms with Gasteiger partial charge in [0.1, 0.15) is 19.3 Å². The lowest BCUT2D eigenvalue weighted by Gasteiger charge is -2.21. The predicted octanol–water partition coefficient (Wildman–Crippen LogP) is 25.3. The quantitative estimate of drug-likeness (QED) is 0.0222. The van der Waals surface area contributed by atoms with E-state index in [4.69, 9.17) is 37.0 Å².